The maximum Gasteiger partial charge on any atom is 0.254 e. The Bertz CT molecular complexity index is 625. The van der Waals surface area contributed by atoms with Gasteiger partial charge in [-0.15, -0.1) is 0 Å². The topological polar surface area (TPSA) is 61.9 Å². The number of nitrogens with one attached hydrogen (secondary N) is 1. The van der Waals surface area contributed by atoms with Crippen molar-refractivity contribution in [2.24, 2.45) is 0 Å². The van der Waals surface area contributed by atoms with E-state index in [1.807, 2.05) is 34.9 Å². The number of aromatic nitrogens is 3. The number of hydrogen-bond donors (Lipinski definition) is 1. The van der Waals surface area contributed by atoms with Gasteiger partial charge in [0.1, 0.15) is 11.0 Å². The Hall–Kier alpha value is -1.56. The standard InChI is InChI=1S/C12H12N4OS/c17-12(16-5-9-4-8(16)6-18-9)7-1-2-10-11(3-7)14-15-13-10/h1-3,8-9H,4-6H2,(H,13,14,15)/t8-,9+/m0/s1. The van der Waals surface area contributed by atoms with Crippen LogP contribution in [0.3, 0.4) is 0 Å². The maximum atomic E-state index is 12.5. The molecule has 2 aliphatic heterocycles. The van der Waals surface area contributed by atoms with Gasteiger partial charge in [-0.1, -0.05) is 0 Å². The van der Waals surface area contributed by atoms with Crippen LogP contribution in [0.5, 0.6) is 0 Å². The molecule has 1 amide bonds. The fourth-order valence-corrected chi connectivity index (χ4v) is 4.22. The molecular formula is C12H12N4OS. The molecule has 1 aromatic heterocycles. The highest BCUT2D eigenvalue weighted by Gasteiger charge is 2.41. The van der Waals surface area contributed by atoms with E-state index < -0.39 is 0 Å². The molecule has 4 rings (SSSR count). The number of amides is 1. The van der Waals surface area contributed by atoms with E-state index in [9.17, 15) is 4.79 Å². The van der Waals surface area contributed by atoms with Crippen LogP contribution in [0.2, 0.25) is 0 Å². The molecule has 0 aliphatic carbocycles. The highest BCUT2D eigenvalue weighted by Crippen LogP contribution is 2.38. The molecule has 18 heavy (non-hydrogen) atoms. The zero-order valence-corrected chi connectivity index (χ0v) is 10.5. The summed E-state index contributed by atoms with van der Waals surface area (Å²) >= 11 is 1.99. The minimum absolute atomic E-state index is 0.132. The van der Waals surface area contributed by atoms with Gasteiger partial charge in [0.25, 0.3) is 5.91 Å². The number of fused-ring (bicyclic) bond motifs is 3. The monoisotopic (exact) mass is 260 g/mol. The summed E-state index contributed by atoms with van der Waals surface area (Å²) in [6.07, 6.45) is 1.16. The first-order chi connectivity index (χ1) is 8.81. The predicted molar refractivity (Wildman–Crippen MR) is 69.6 cm³/mol. The molecular weight excluding hydrogens is 248 g/mol. The third kappa shape index (κ3) is 1.45. The summed E-state index contributed by atoms with van der Waals surface area (Å²) in [6, 6.07) is 5.93. The quantitative estimate of drug-likeness (QED) is 0.839. The molecule has 0 saturated carbocycles. The fraction of sp³-hybridized carbons (Fsp3) is 0.417. The second-order valence-electron chi connectivity index (χ2n) is 4.83. The Kier molecular flexibility index (Phi) is 2.14. The van der Waals surface area contributed by atoms with E-state index >= 15 is 0 Å². The lowest BCUT2D eigenvalue weighted by molar-refractivity contribution is 0.0747. The number of H-pyrrole nitrogens is 1. The molecule has 1 N–H and O–H groups in total. The first-order valence-corrected chi connectivity index (χ1v) is 7.09. The Balaban J connectivity index is 1.67. The molecule has 2 fully saturated rings. The lowest BCUT2D eigenvalue weighted by Crippen LogP contribution is -2.39. The van der Waals surface area contributed by atoms with Crippen molar-refractivity contribution in [3.63, 3.8) is 0 Å². The van der Waals surface area contributed by atoms with Gasteiger partial charge in [-0.2, -0.15) is 27.2 Å². The van der Waals surface area contributed by atoms with Crippen LogP contribution < -0.4 is 0 Å². The van der Waals surface area contributed by atoms with Crippen LogP contribution in [-0.2, 0) is 0 Å². The van der Waals surface area contributed by atoms with Crippen LogP contribution >= 0.6 is 11.8 Å². The molecule has 2 aromatic rings. The SMILES string of the molecule is O=C(c1ccc2n[nH]nc2c1)N1C[C@H]2C[C@H]1CS2. The number of hydrogen-bond acceptors (Lipinski definition) is 4. The number of benzene rings is 1. The summed E-state index contributed by atoms with van der Waals surface area (Å²) < 4.78 is 0. The molecule has 0 unspecified atom stereocenters. The highest BCUT2D eigenvalue weighted by molar-refractivity contribution is 8.00. The van der Waals surface area contributed by atoms with Gasteiger partial charge < -0.3 is 4.90 Å². The molecule has 1 aromatic carbocycles. The number of carbonyl (C=O) groups excluding carboxylic acids is 1. The molecule has 0 spiro atoms. The third-order valence-corrected chi connectivity index (χ3v) is 5.11. The fourth-order valence-electron chi connectivity index (χ4n) is 2.79. The van der Waals surface area contributed by atoms with E-state index in [4.69, 9.17) is 0 Å². The van der Waals surface area contributed by atoms with Gasteiger partial charge in [-0.3, -0.25) is 4.79 Å². The first-order valence-electron chi connectivity index (χ1n) is 6.04. The van der Waals surface area contributed by atoms with E-state index in [0.29, 0.717) is 16.9 Å². The van der Waals surface area contributed by atoms with Gasteiger partial charge >= 0.3 is 0 Å². The molecule has 6 heteroatoms. The third-order valence-electron chi connectivity index (χ3n) is 3.72. The van der Waals surface area contributed by atoms with E-state index in [-0.39, 0.29) is 5.91 Å². The van der Waals surface area contributed by atoms with Crippen LogP contribution in [0.1, 0.15) is 16.8 Å². The summed E-state index contributed by atoms with van der Waals surface area (Å²) in [6.45, 7) is 0.894. The van der Waals surface area contributed by atoms with E-state index in [0.717, 1.165) is 29.8 Å². The Morgan fingerprint density at radius 2 is 2.28 bits per heavy atom. The van der Waals surface area contributed by atoms with Gasteiger partial charge in [-0.05, 0) is 24.6 Å². The number of carbonyl (C=O) groups is 1. The largest absolute Gasteiger partial charge is 0.334 e. The van der Waals surface area contributed by atoms with Crippen LogP contribution in [0, 0.1) is 0 Å². The van der Waals surface area contributed by atoms with Crippen LogP contribution in [0.15, 0.2) is 18.2 Å². The van der Waals surface area contributed by atoms with Crippen LogP contribution in [0.25, 0.3) is 11.0 Å². The van der Waals surface area contributed by atoms with Crippen LogP contribution in [-0.4, -0.2) is 49.8 Å². The molecule has 3 heterocycles. The summed E-state index contributed by atoms with van der Waals surface area (Å²) in [5.74, 6) is 1.22. The lowest BCUT2D eigenvalue weighted by atomic mass is 10.1. The molecule has 2 bridgehead atoms. The van der Waals surface area contributed by atoms with Crippen molar-refractivity contribution in [3.05, 3.63) is 23.8 Å². The average Bonchev–Trinajstić information content (AvgIpc) is 3.12. The minimum atomic E-state index is 0.132. The predicted octanol–water partition coefficient (Wildman–Crippen LogP) is 1.29. The van der Waals surface area contributed by atoms with E-state index in [1.165, 1.54) is 0 Å². The van der Waals surface area contributed by atoms with Gasteiger partial charge in [0.15, 0.2) is 0 Å². The van der Waals surface area contributed by atoms with Gasteiger partial charge in [-0.25, -0.2) is 0 Å². The second-order valence-corrected chi connectivity index (χ2v) is 6.16. The number of aromatic amines is 1. The second kappa shape index (κ2) is 3.71. The normalized spacial score (nSPS) is 26.1. The first kappa shape index (κ1) is 10.4. The summed E-state index contributed by atoms with van der Waals surface area (Å²) in [5.41, 5.74) is 2.26. The highest BCUT2D eigenvalue weighted by atomic mass is 32.2. The molecule has 0 radical (unpaired) electrons. The van der Waals surface area contributed by atoms with Crippen molar-refractivity contribution < 1.29 is 4.79 Å². The number of nitrogens with zero attached hydrogens (tertiary/aromatic N) is 3. The Labute approximate surface area is 108 Å². The van der Waals surface area contributed by atoms with Crippen LogP contribution in [0.4, 0.5) is 0 Å². The number of likely N-dealkylation sites (tertiary alicyclic amines) is 1. The molecule has 2 atom stereocenters. The van der Waals surface area contributed by atoms with Gasteiger partial charge in [0.2, 0.25) is 0 Å². The average molecular weight is 260 g/mol. The number of rotatable bonds is 1. The summed E-state index contributed by atoms with van der Waals surface area (Å²) in [7, 11) is 0. The van der Waals surface area contributed by atoms with Crippen molar-refractivity contribution in [2.45, 2.75) is 17.7 Å². The van der Waals surface area contributed by atoms with Gasteiger partial charge in [0.05, 0.1) is 0 Å². The molecule has 2 aliphatic rings. The van der Waals surface area contributed by atoms with Crippen molar-refractivity contribution in [1.29, 1.82) is 0 Å². The van der Waals surface area contributed by atoms with E-state index in [1.54, 1.807) is 0 Å². The van der Waals surface area contributed by atoms with E-state index in [2.05, 4.69) is 15.4 Å². The van der Waals surface area contributed by atoms with Crippen molar-refractivity contribution in [2.75, 3.05) is 12.3 Å². The van der Waals surface area contributed by atoms with Crippen molar-refractivity contribution >= 4 is 28.7 Å². The minimum Gasteiger partial charge on any atom is -0.334 e. The Morgan fingerprint density at radius 1 is 1.39 bits per heavy atom. The zero-order valence-electron chi connectivity index (χ0n) is 9.67. The molecule has 2 saturated heterocycles. The molecule has 5 nitrogen and oxygen atoms in total. The summed E-state index contributed by atoms with van der Waals surface area (Å²) in [4.78, 5) is 14.5. The number of thioether (sulfide) groups is 1. The van der Waals surface area contributed by atoms with Crippen molar-refractivity contribution in [3.8, 4) is 0 Å². The molecule has 92 valence electrons. The summed E-state index contributed by atoms with van der Waals surface area (Å²) in [5, 5.41) is 11.2. The van der Waals surface area contributed by atoms with Gasteiger partial charge in [0, 0.05) is 29.2 Å². The smallest absolute Gasteiger partial charge is 0.254 e. The Morgan fingerprint density at radius 3 is 3.06 bits per heavy atom. The lowest BCUT2D eigenvalue weighted by Gasteiger charge is -2.26. The maximum absolute atomic E-state index is 12.5. The van der Waals surface area contributed by atoms with Crippen molar-refractivity contribution in [1.82, 2.24) is 20.3 Å². The zero-order chi connectivity index (χ0) is 12.1.